The molecule has 1 aliphatic heterocycles. The zero-order valence-electron chi connectivity index (χ0n) is 12.6. The Hall–Kier alpha value is -1.32. The second-order valence-electron chi connectivity index (χ2n) is 6.54. The molecule has 2 aliphatic rings. The first-order chi connectivity index (χ1) is 9.41. The lowest BCUT2D eigenvalue weighted by atomic mass is 9.79. The Kier molecular flexibility index (Phi) is 4.51. The van der Waals surface area contributed by atoms with Crippen molar-refractivity contribution in [1.29, 1.82) is 0 Å². The van der Waals surface area contributed by atoms with Crippen LogP contribution >= 0.6 is 0 Å². The number of carbonyl (C=O) groups excluding carboxylic acids is 1. The zero-order chi connectivity index (χ0) is 14.9. The standard InChI is InChI=1S/C16H25NO3/c1-10-8-11(2)12(3)17(9-10)15(18)13-6-4-5-7-14(13)16(19)20/h4-5,10-14H,6-9H2,1-3H3,(H,19,20). The number of carboxylic acids is 1. The maximum absolute atomic E-state index is 12.8. The van der Waals surface area contributed by atoms with E-state index >= 15 is 0 Å². The predicted octanol–water partition coefficient (Wildman–Crippen LogP) is 2.55. The van der Waals surface area contributed by atoms with Crippen molar-refractivity contribution in [1.82, 2.24) is 4.90 Å². The first-order valence-corrected chi connectivity index (χ1v) is 7.60. The van der Waals surface area contributed by atoms with Gasteiger partial charge in [0.25, 0.3) is 0 Å². The summed E-state index contributed by atoms with van der Waals surface area (Å²) in [5, 5.41) is 9.32. The normalized spacial score (nSPS) is 37.8. The number of nitrogens with zero attached hydrogens (tertiary/aromatic N) is 1. The smallest absolute Gasteiger partial charge is 0.307 e. The SMILES string of the molecule is CC1CC(C)C(C)N(C(=O)C2CC=CCC2C(=O)O)C1. The van der Waals surface area contributed by atoms with Crippen LogP contribution in [0.15, 0.2) is 12.2 Å². The van der Waals surface area contributed by atoms with Gasteiger partial charge in [-0.05, 0) is 38.0 Å². The molecule has 0 bridgehead atoms. The topological polar surface area (TPSA) is 57.6 Å². The van der Waals surface area contributed by atoms with Crippen molar-refractivity contribution in [2.24, 2.45) is 23.7 Å². The number of carboxylic acid groups (broad SMARTS) is 1. The molecular weight excluding hydrogens is 254 g/mol. The highest BCUT2D eigenvalue weighted by molar-refractivity contribution is 5.85. The summed E-state index contributed by atoms with van der Waals surface area (Å²) in [5.41, 5.74) is 0. The van der Waals surface area contributed by atoms with Gasteiger partial charge in [0.2, 0.25) is 5.91 Å². The van der Waals surface area contributed by atoms with E-state index in [-0.39, 0.29) is 11.9 Å². The van der Waals surface area contributed by atoms with Gasteiger partial charge in [0.1, 0.15) is 0 Å². The minimum Gasteiger partial charge on any atom is -0.481 e. The minimum atomic E-state index is -0.849. The fourth-order valence-electron chi connectivity index (χ4n) is 3.58. The summed E-state index contributed by atoms with van der Waals surface area (Å²) in [7, 11) is 0. The molecule has 0 radical (unpaired) electrons. The van der Waals surface area contributed by atoms with E-state index in [1.807, 2.05) is 17.1 Å². The third kappa shape index (κ3) is 2.89. The molecule has 112 valence electrons. The molecule has 1 aliphatic carbocycles. The van der Waals surface area contributed by atoms with Crippen molar-refractivity contribution in [2.75, 3.05) is 6.54 Å². The quantitative estimate of drug-likeness (QED) is 0.790. The number of aliphatic carboxylic acids is 1. The summed E-state index contributed by atoms with van der Waals surface area (Å²) < 4.78 is 0. The average Bonchev–Trinajstić information content (AvgIpc) is 2.42. The molecule has 0 spiro atoms. The predicted molar refractivity (Wildman–Crippen MR) is 77.1 cm³/mol. The first-order valence-electron chi connectivity index (χ1n) is 7.60. The van der Waals surface area contributed by atoms with Crippen molar-refractivity contribution in [2.45, 2.75) is 46.1 Å². The van der Waals surface area contributed by atoms with Gasteiger partial charge in [-0.15, -0.1) is 0 Å². The van der Waals surface area contributed by atoms with Gasteiger partial charge in [-0.3, -0.25) is 9.59 Å². The summed E-state index contributed by atoms with van der Waals surface area (Å²) >= 11 is 0. The van der Waals surface area contributed by atoms with E-state index in [1.165, 1.54) is 0 Å². The van der Waals surface area contributed by atoms with Crippen LogP contribution in [-0.4, -0.2) is 34.5 Å². The van der Waals surface area contributed by atoms with E-state index in [1.54, 1.807) is 0 Å². The van der Waals surface area contributed by atoms with Gasteiger partial charge in [-0.2, -0.15) is 0 Å². The fraction of sp³-hybridized carbons (Fsp3) is 0.750. The van der Waals surface area contributed by atoms with Crippen LogP contribution in [-0.2, 0) is 9.59 Å². The monoisotopic (exact) mass is 279 g/mol. The third-order valence-electron chi connectivity index (χ3n) is 4.95. The van der Waals surface area contributed by atoms with Crippen LogP contribution in [0.25, 0.3) is 0 Å². The summed E-state index contributed by atoms with van der Waals surface area (Å²) in [5.74, 6) is -0.798. The molecule has 0 aromatic carbocycles. The maximum Gasteiger partial charge on any atom is 0.307 e. The number of hydrogen-bond acceptors (Lipinski definition) is 2. The maximum atomic E-state index is 12.8. The van der Waals surface area contributed by atoms with Gasteiger partial charge in [-0.1, -0.05) is 26.0 Å². The number of amides is 1. The molecule has 0 aromatic heterocycles. The Bertz CT molecular complexity index is 418. The van der Waals surface area contributed by atoms with E-state index < -0.39 is 17.8 Å². The summed E-state index contributed by atoms with van der Waals surface area (Å²) in [6.07, 6.45) is 6.00. The third-order valence-corrected chi connectivity index (χ3v) is 4.95. The number of rotatable bonds is 2. The highest BCUT2D eigenvalue weighted by Crippen LogP contribution is 2.33. The molecule has 4 heteroatoms. The Balaban J connectivity index is 2.16. The van der Waals surface area contributed by atoms with Crippen molar-refractivity contribution in [3.8, 4) is 0 Å². The molecule has 1 fully saturated rings. The van der Waals surface area contributed by atoms with Crippen molar-refractivity contribution in [3.63, 3.8) is 0 Å². The van der Waals surface area contributed by atoms with Crippen molar-refractivity contribution >= 4 is 11.9 Å². The summed E-state index contributed by atoms with van der Waals surface area (Å²) in [6.45, 7) is 7.19. The number of piperidine rings is 1. The molecule has 0 aromatic rings. The van der Waals surface area contributed by atoms with Gasteiger partial charge in [0.15, 0.2) is 0 Å². The second-order valence-corrected chi connectivity index (χ2v) is 6.54. The number of likely N-dealkylation sites (tertiary alicyclic amines) is 1. The van der Waals surface area contributed by atoms with Crippen LogP contribution in [0.4, 0.5) is 0 Å². The van der Waals surface area contributed by atoms with Gasteiger partial charge in [0.05, 0.1) is 11.8 Å². The molecule has 20 heavy (non-hydrogen) atoms. The lowest BCUT2D eigenvalue weighted by Crippen LogP contribution is -2.52. The van der Waals surface area contributed by atoms with Crippen molar-refractivity contribution in [3.05, 3.63) is 12.2 Å². The van der Waals surface area contributed by atoms with Gasteiger partial charge >= 0.3 is 5.97 Å². The molecular formula is C16H25NO3. The van der Waals surface area contributed by atoms with E-state index in [9.17, 15) is 14.7 Å². The molecule has 0 saturated carbocycles. The summed E-state index contributed by atoms with van der Waals surface area (Å²) in [6, 6.07) is 0.207. The van der Waals surface area contributed by atoms with E-state index in [0.717, 1.165) is 13.0 Å². The van der Waals surface area contributed by atoms with Gasteiger partial charge < -0.3 is 10.0 Å². The molecule has 1 amide bonds. The average molecular weight is 279 g/mol. The van der Waals surface area contributed by atoms with E-state index in [2.05, 4.69) is 20.8 Å². The van der Waals surface area contributed by atoms with Crippen LogP contribution in [0.5, 0.6) is 0 Å². The zero-order valence-corrected chi connectivity index (χ0v) is 12.6. The molecule has 2 rings (SSSR count). The number of carbonyl (C=O) groups is 2. The fourth-order valence-corrected chi connectivity index (χ4v) is 3.58. The van der Waals surface area contributed by atoms with Crippen LogP contribution in [0.1, 0.15) is 40.0 Å². The lowest BCUT2D eigenvalue weighted by molar-refractivity contribution is -0.153. The lowest BCUT2D eigenvalue weighted by Gasteiger charge is -2.43. The van der Waals surface area contributed by atoms with Crippen LogP contribution in [0.3, 0.4) is 0 Å². The minimum absolute atomic E-state index is 0.0349. The van der Waals surface area contributed by atoms with E-state index in [0.29, 0.717) is 24.7 Å². The molecule has 1 N–H and O–H groups in total. The number of allylic oxidation sites excluding steroid dienone is 2. The summed E-state index contributed by atoms with van der Waals surface area (Å²) in [4.78, 5) is 26.1. The largest absolute Gasteiger partial charge is 0.481 e. The van der Waals surface area contributed by atoms with Crippen molar-refractivity contribution < 1.29 is 14.7 Å². The highest BCUT2D eigenvalue weighted by atomic mass is 16.4. The Labute approximate surface area is 120 Å². The highest BCUT2D eigenvalue weighted by Gasteiger charge is 2.40. The van der Waals surface area contributed by atoms with Gasteiger partial charge in [0, 0.05) is 12.6 Å². The first kappa shape index (κ1) is 15.1. The molecule has 1 saturated heterocycles. The van der Waals surface area contributed by atoms with Crippen LogP contribution < -0.4 is 0 Å². The van der Waals surface area contributed by atoms with E-state index in [4.69, 9.17) is 0 Å². The Morgan fingerprint density at radius 1 is 1.10 bits per heavy atom. The Morgan fingerprint density at radius 3 is 2.30 bits per heavy atom. The van der Waals surface area contributed by atoms with Crippen LogP contribution in [0, 0.1) is 23.7 Å². The molecule has 5 unspecified atom stereocenters. The van der Waals surface area contributed by atoms with Crippen LogP contribution in [0.2, 0.25) is 0 Å². The molecule has 4 nitrogen and oxygen atoms in total. The second kappa shape index (κ2) is 5.98. The Morgan fingerprint density at radius 2 is 1.70 bits per heavy atom. The number of hydrogen-bond donors (Lipinski definition) is 1. The molecule has 5 atom stereocenters. The van der Waals surface area contributed by atoms with Gasteiger partial charge in [-0.25, -0.2) is 0 Å². The molecule has 1 heterocycles.